The van der Waals surface area contributed by atoms with E-state index in [0.717, 1.165) is 5.69 Å². The van der Waals surface area contributed by atoms with Crippen molar-refractivity contribution in [2.45, 2.75) is 13.3 Å². The van der Waals surface area contributed by atoms with Crippen molar-refractivity contribution in [1.82, 2.24) is 15.5 Å². The van der Waals surface area contributed by atoms with Crippen LogP contribution >= 0.6 is 0 Å². The van der Waals surface area contributed by atoms with Crippen molar-refractivity contribution in [1.29, 1.82) is 0 Å². The maximum atomic E-state index is 10.5. The molecule has 0 fully saturated rings. The first-order valence-corrected chi connectivity index (χ1v) is 4.02. The molecule has 0 aromatic carbocycles. The lowest BCUT2D eigenvalue weighted by Gasteiger charge is -1.94. The van der Waals surface area contributed by atoms with E-state index < -0.39 is 0 Å². The zero-order valence-corrected chi connectivity index (χ0v) is 7.42. The van der Waals surface area contributed by atoms with E-state index in [2.05, 4.69) is 27.4 Å². The molecule has 68 valence electrons. The predicted octanol–water partition coefficient (Wildman–Crippen LogP) is 0.287. The maximum absolute atomic E-state index is 10.5. The van der Waals surface area contributed by atoms with Gasteiger partial charge >= 0.3 is 0 Å². The van der Waals surface area contributed by atoms with E-state index in [1.165, 1.54) is 6.92 Å². The number of H-pyrrole nitrogens is 1. The lowest BCUT2D eigenvalue weighted by atomic mass is 10.3. The number of nitrogens with zero attached hydrogens (tertiary/aromatic N) is 1. The molecule has 0 radical (unpaired) electrons. The van der Waals surface area contributed by atoms with Gasteiger partial charge in [0.25, 0.3) is 0 Å². The molecule has 13 heavy (non-hydrogen) atoms. The summed E-state index contributed by atoms with van der Waals surface area (Å²) >= 11 is 0. The van der Waals surface area contributed by atoms with E-state index in [0.29, 0.717) is 13.0 Å². The summed E-state index contributed by atoms with van der Waals surface area (Å²) < 4.78 is 0. The summed E-state index contributed by atoms with van der Waals surface area (Å²) in [5.74, 6) is 5.76. The molecule has 1 heterocycles. The lowest BCUT2D eigenvalue weighted by molar-refractivity contribution is -0.118. The summed E-state index contributed by atoms with van der Waals surface area (Å²) in [7, 11) is 0. The highest BCUT2D eigenvalue weighted by atomic mass is 16.1. The number of rotatable bonds is 2. The number of hydrogen-bond donors (Lipinski definition) is 2. The van der Waals surface area contributed by atoms with Crippen LogP contribution < -0.4 is 5.32 Å². The molecule has 0 atom stereocenters. The van der Waals surface area contributed by atoms with Crippen LogP contribution in [0.3, 0.4) is 0 Å². The van der Waals surface area contributed by atoms with Crippen molar-refractivity contribution in [3.63, 3.8) is 0 Å². The molecule has 0 aliphatic heterocycles. The molecule has 0 bridgehead atoms. The number of carbonyl (C=O) groups excluding carboxylic acids is 1. The van der Waals surface area contributed by atoms with Gasteiger partial charge in [-0.2, -0.15) is 5.10 Å². The van der Waals surface area contributed by atoms with Crippen LogP contribution in [-0.4, -0.2) is 22.6 Å². The van der Waals surface area contributed by atoms with Gasteiger partial charge in [0.15, 0.2) is 0 Å². The zero-order valence-electron chi connectivity index (χ0n) is 7.42. The summed E-state index contributed by atoms with van der Waals surface area (Å²) in [4.78, 5) is 10.5. The number of nitrogens with one attached hydrogen (secondary N) is 2. The minimum atomic E-state index is -0.0247. The van der Waals surface area contributed by atoms with Gasteiger partial charge in [-0.15, -0.1) is 0 Å². The molecule has 0 saturated carbocycles. The molecule has 2 N–H and O–H groups in total. The van der Waals surface area contributed by atoms with Crippen molar-refractivity contribution in [2.24, 2.45) is 0 Å². The van der Waals surface area contributed by atoms with E-state index in [1.807, 2.05) is 0 Å². The summed E-state index contributed by atoms with van der Waals surface area (Å²) in [6, 6.07) is 1.80. The second kappa shape index (κ2) is 4.99. The van der Waals surface area contributed by atoms with Crippen LogP contribution in [0.1, 0.15) is 19.0 Å². The predicted molar refractivity (Wildman–Crippen MR) is 48.8 cm³/mol. The fraction of sp³-hybridized carbons (Fsp3) is 0.333. The second-order valence-electron chi connectivity index (χ2n) is 2.51. The first kappa shape index (κ1) is 9.33. The molecule has 0 unspecified atom stereocenters. The number of carbonyl (C=O) groups is 1. The Labute approximate surface area is 76.7 Å². The largest absolute Gasteiger partial charge is 0.355 e. The second-order valence-corrected chi connectivity index (χ2v) is 2.51. The van der Waals surface area contributed by atoms with Crippen LogP contribution in [0.25, 0.3) is 0 Å². The van der Waals surface area contributed by atoms with Gasteiger partial charge in [-0.25, -0.2) is 0 Å². The number of hydrogen-bond acceptors (Lipinski definition) is 2. The Hall–Kier alpha value is -1.76. The maximum Gasteiger partial charge on any atom is 0.216 e. The third-order valence-electron chi connectivity index (χ3n) is 1.35. The first-order chi connectivity index (χ1) is 6.29. The van der Waals surface area contributed by atoms with Gasteiger partial charge in [0.2, 0.25) is 5.91 Å². The molecule has 1 aromatic heterocycles. The van der Waals surface area contributed by atoms with E-state index in [9.17, 15) is 4.79 Å². The highest BCUT2D eigenvalue weighted by molar-refractivity contribution is 5.72. The minimum Gasteiger partial charge on any atom is -0.355 e. The standard InChI is InChI=1S/C9H11N3O/c1-8(13)10-6-3-2-4-9-5-7-11-12-9/h5,7H,3,6H2,1H3,(H,10,13)(H,11,12). The highest BCUT2D eigenvalue weighted by Gasteiger charge is 1.87. The van der Waals surface area contributed by atoms with Gasteiger partial charge in [0.05, 0.1) is 0 Å². The smallest absolute Gasteiger partial charge is 0.216 e. The van der Waals surface area contributed by atoms with E-state index >= 15 is 0 Å². The Kier molecular flexibility index (Phi) is 3.58. The topological polar surface area (TPSA) is 57.8 Å². The van der Waals surface area contributed by atoms with Crippen LogP contribution in [0.2, 0.25) is 0 Å². The van der Waals surface area contributed by atoms with Gasteiger partial charge in [-0.1, -0.05) is 5.92 Å². The average molecular weight is 177 g/mol. The van der Waals surface area contributed by atoms with Gasteiger partial charge in [0.1, 0.15) is 5.69 Å². The van der Waals surface area contributed by atoms with Gasteiger partial charge in [0, 0.05) is 26.1 Å². The highest BCUT2D eigenvalue weighted by Crippen LogP contribution is 1.86. The number of aromatic amines is 1. The molecule has 4 heteroatoms. The SMILES string of the molecule is CC(=O)NCCC#Cc1ccn[nH]1. The Morgan fingerprint density at radius 1 is 1.77 bits per heavy atom. The van der Waals surface area contributed by atoms with Gasteiger partial charge in [-0.3, -0.25) is 9.89 Å². The van der Waals surface area contributed by atoms with Crippen molar-refractivity contribution in [2.75, 3.05) is 6.54 Å². The molecule has 0 aliphatic rings. The summed E-state index contributed by atoms with van der Waals surface area (Å²) in [5, 5.41) is 9.14. The van der Waals surface area contributed by atoms with E-state index in [1.54, 1.807) is 12.3 Å². The monoisotopic (exact) mass is 177 g/mol. The summed E-state index contributed by atoms with van der Waals surface area (Å²) in [5.41, 5.74) is 0.794. The number of amides is 1. The minimum absolute atomic E-state index is 0.0247. The number of aromatic nitrogens is 2. The summed E-state index contributed by atoms with van der Waals surface area (Å²) in [6.07, 6.45) is 2.30. The molecular weight excluding hydrogens is 166 g/mol. The molecule has 4 nitrogen and oxygen atoms in total. The average Bonchev–Trinajstić information content (AvgIpc) is 2.55. The zero-order chi connectivity index (χ0) is 9.52. The molecule has 0 spiro atoms. The lowest BCUT2D eigenvalue weighted by Crippen LogP contribution is -2.20. The van der Waals surface area contributed by atoms with Crippen molar-refractivity contribution in [3.8, 4) is 11.8 Å². The van der Waals surface area contributed by atoms with Crippen molar-refractivity contribution >= 4 is 5.91 Å². The Bertz CT molecular complexity index is 318. The van der Waals surface area contributed by atoms with Crippen LogP contribution in [0.4, 0.5) is 0 Å². The molecule has 0 aliphatic carbocycles. The van der Waals surface area contributed by atoms with Crippen LogP contribution in [0.5, 0.6) is 0 Å². The van der Waals surface area contributed by atoms with Crippen molar-refractivity contribution < 1.29 is 4.79 Å². The molecule has 1 rings (SSSR count). The fourth-order valence-electron chi connectivity index (χ4n) is 0.784. The fourth-order valence-corrected chi connectivity index (χ4v) is 0.784. The summed E-state index contributed by atoms with van der Waals surface area (Å²) in [6.45, 7) is 2.08. The Morgan fingerprint density at radius 3 is 3.23 bits per heavy atom. The van der Waals surface area contributed by atoms with Gasteiger partial charge < -0.3 is 5.32 Å². The quantitative estimate of drug-likeness (QED) is 0.504. The molecule has 1 amide bonds. The van der Waals surface area contributed by atoms with Crippen LogP contribution in [0.15, 0.2) is 12.3 Å². The molecule has 0 saturated heterocycles. The Balaban J connectivity index is 2.22. The van der Waals surface area contributed by atoms with E-state index in [-0.39, 0.29) is 5.91 Å². The van der Waals surface area contributed by atoms with Crippen LogP contribution in [0, 0.1) is 11.8 Å². The molecular formula is C9H11N3O. The van der Waals surface area contributed by atoms with Gasteiger partial charge in [-0.05, 0) is 12.0 Å². The first-order valence-electron chi connectivity index (χ1n) is 4.02. The normalized spacial score (nSPS) is 8.69. The van der Waals surface area contributed by atoms with E-state index in [4.69, 9.17) is 0 Å². The van der Waals surface area contributed by atoms with Crippen LogP contribution in [-0.2, 0) is 4.79 Å². The Morgan fingerprint density at radius 2 is 2.62 bits per heavy atom. The molecule has 1 aromatic rings. The van der Waals surface area contributed by atoms with Crippen molar-refractivity contribution in [3.05, 3.63) is 18.0 Å². The third-order valence-corrected chi connectivity index (χ3v) is 1.35. The third kappa shape index (κ3) is 3.97.